The van der Waals surface area contributed by atoms with Crippen LogP contribution >= 0.6 is 0 Å². The van der Waals surface area contributed by atoms with E-state index < -0.39 is 41.9 Å². The molecule has 0 aliphatic heterocycles. The Morgan fingerprint density at radius 1 is 1.08 bits per heavy atom. The first kappa shape index (κ1) is 23.0. The fourth-order valence-electron chi connectivity index (χ4n) is 2.18. The van der Waals surface area contributed by atoms with Crippen molar-refractivity contribution in [2.75, 3.05) is 13.2 Å². The number of carbonyl (C=O) groups is 1. The Morgan fingerprint density at radius 2 is 1.64 bits per heavy atom. The maximum Gasteiger partial charge on any atom is 0.226 e. The van der Waals surface area contributed by atoms with Crippen LogP contribution in [-0.2, 0) is 4.79 Å². The largest absolute Gasteiger partial charge is 0.509 e. The van der Waals surface area contributed by atoms with Crippen LogP contribution in [0.3, 0.4) is 0 Å². The molecule has 8 nitrogen and oxygen atoms in total. The molecule has 2 atom stereocenters. The minimum atomic E-state index is -1.53. The zero-order valence-electron chi connectivity index (χ0n) is 15.1. The van der Waals surface area contributed by atoms with Gasteiger partial charge in [0, 0.05) is 23.4 Å². The van der Waals surface area contributed by atoms with Crippen LogP contribution in [-0.4, -0.2) is 61.8 Å². The third kappa shape index (κ3) is 6.08. The number of allylic oxidation sites excluding steroid dienone is 2. The van der Waals surface area contributed by atoms with Crippen LogP contribution in [0.25, 0.3) is 0 Å². The Hall–Kier alpha value is -2.03. The second kappa shape index (κ2) is 10.8. The molecule has 7 N–H and O–H groups in total. The van der Waals surface area contributed by atoms with Crippen LogP contribution < -0.4 is 5.32 Å². The third-order valence-electron chi connectivity index (χ3n) is 3.57. The standard InChI is InChI=1S/C17H29NO7/c1-5-7-11(16(24)17(25)12(21)8-19)13(18-6-2)9(3)14(22)15(23)10(4)20/h10,15,18-20,22-25H,5-8H2,1-4H3/b13-11?,14-9+,17-16?. The van der Waals surface area contributed by atoms with Crippen LogP contribution in [0.5, 0.6) is 0 Å². The van der Waals surface area contributed by atoms with Crippen molar-refractivity contribution in [1.82, 2.24) is 5.32 Å². The smallest absolute Gasteiger partial charge is 0.226 e. The Balaban J connectivity index is 6.50. The maximum absolute atomic E-state index is 11.4. The number of hydrogen-bond donors (Lipinski definition) is 7. The van der Waals surface area contributed by atoms with Crippen molar-refractivity contribution in [3.05, 3.63) is 34.1 Å². The predicted octanol–water partition coefficient (Wildman–Crippen LogP) is 1.11. The number of nitrogens with one attached hydrogen (secondary N) is 1. The van der Waals surface area contributed by atoms with Crippen molar-refractivity contribution in [1.29, 1.82) is 0 Å². The molecule has 0 aromatic rings. The van der Waals surface area contributed by atoms with E-state index in [1.807, 2.05) is 6.92 Å². The topological polar surface area (TPSA) is 150 Å². The van der Waals surface area contributed by atoms with E-state index >= 15 is 0 Å². The second-order valence-electron chi connectivity index (χ2n) is 5.61. The lowest BCUT2D eigenvalue weighted by atomic mass is 9.97. The molecule has 0 fully saturated rings. The van der Waals surface area contributed by atoms with E-state index in [0.29, 0.717) is 13.0 Å². The Morgan fingerprint density at radius 3 is 2.04 bits per heavy atom. The molecule has 0 aliphatic rings. The molecule has 0 heterocycles. The molecular weight excluding hydrogens is 330 g/mol. The second-order valence-corrected chi connectivity index (χ2v) is 5.61. The van der Waals surface area contributed by atoms with E-state index in [0.717, 1.165) is 0 Å². The van der Waals surface area contributed by atoms with Gasteiger partial charge in [0.1, 0.15) is 18.5 Å². The molecular formula is C17H29NO7. The lowest BCUT2D eigenvalue weighted by Gasteiger charge is -2.21. The van der Waals surface area contributed by atoms with Crippen molar-refractivity contribution >= 4 is 5.78 Å². The summed E-state index contributed by atoms with van der Waals surface area (Å²) in [7, 11) is 0. The van der Waals surface area contributed by atoms with E-state index in [9.17, 15) is 30.3 Å². The molecule has 0 radical (unpaired) electrons. The van der Waals surface area contributed by atoms with Gasteiger partial charge in [-0.15, -0.1) is 0 Å². The lowest BCUT2D eigenvalue weighted by molar-refractivity contribution is -0.120. The van der Waals surface area contributed by atoms with E-state index in [4.69, 9.17) is 5.11 Å². The van der Waals surface area contributed by atoms with Gasteiger partial charge in [-0.1, -0.05) is 13.3 Å². The van der Waals surface area contributed by atoms with Gasteiger partial charge in [0.25, 0.3) is 0 Å². The molecule has 0 spiro atoms. The number of ketones is 1. The molecule has 0 bridgehead atoms. The minimum absolute atomic E-state index is 0.144. The number of carbonyl (C=O) groups excluding carboxylic acids is 1. The summed E-state index contributed by atoms with van der Waals surface area (Å²) < 4.78 is 0. The molecule has 0 aliphatic carbocycles. The van der Waals surface area contributed by atoms with E-state index in [1.165, 1.54) is 13.8 Å². The highest BCUT2D eigenvalue weighted by molar-refractivity contribution is 5.94. The third-order valence-corrected chi connectivity index (χ3v) is 3.57. The predicted molar refractivity (Wildman–Crippen MR) is 93.0 cm³/mol. The molecule has 0 saturated heterocycles. The summed E-state index contributed by atoms with van der Waals surface area (Å²) in [6.45, 7) is 5.77. The van der Waals surface area contributed by atoms with Crippen LogP contribution in [0, 0.1) is 0 Å². The quantitative estimate of drug-likeness (QED) is 0.174. The highest BCUT2D eigenvalue weighted by Gasteiger charge is 2.24. The van der Waals surface area contributed by atoms with Gasteiger partial charge in [-0.25, -0.2) is 0 Å². The molecule has 144 valence electrons. The summed E-state index contributed by atoms with van der Waals surface area (Å²) in [5, 5.41) is 61.3. The Kier molecular flexibility index (Phi) is 9.88. The highest BCUT2D eigenvalue weighted by Crippen LogP contribution is 2.26. The normalized spacial score (nSPS) is 17.1. The summed E-state index contributed by atoms with van der Waals surface area (Å²) in [5.74, 6) is -3.24. The zero-order chi connectivity index (χ0) is 19.7. The molecule has 25 heavy (non-hydrogen) atoms. The van der Waals surface area contributed by atoms with Gasteiger partial charge in [-0.05, 0) is 27.2 Å². The first-order chi connectivity index (χ1) is 11.6. The van der Waals surface area contributed by atoms with Gasteiger partial charge in [-0.2, -0.15) is 0 Å². The number of Topliss-reactive ketones (excluding diaryl/α,β-unsaturated/α-hetero) is 1. The monoisotopic (exact) mass is 359 g/mol. The molecule has 0 rings (SSSR count). The van der Waals surface area contributed by atoms with Gasteiger partial charge in [0.15, 0.2) is 5.76 Å². The van der Waals surface area contributed by atoms with Gasteiger partial charge in [-0.3, -0.25) is 4.79 Å². The zero-order valence-corrected chi connectivity index (χ0v) is 15.1. The fourth-order valence-corrected chi connectivity index (χ4v) is 2.18. The van der Waals surface area contributed by atoms with Crippen molar-refractivity contribution < 1.29 is 35.4 Å². The van der Waals surface area contributed by atoms with E-state index in [1.54, 1.807) is 6.92 Å². The van der Waals surface area contributed by atoms with Crippen LogP contribution in [0.4, 0.5) is 0 Å². The van der Waals surface area contributed by atoms with Crippen molar-refractivity contribution in [2.45, 2.75) is 52.7 Å². The number of rotatable bonds is 10. The summed E-state index contributed by atoms with van der Waals surface area (Å²) in [6, 6.07) is 0. The Bertz CT molecular complexity index is 561. The van der Waals surface area contributed by atoms with E-state index in [2.05, 4.69) is 5.32 Å². The van der Waals surface area contributed by atoms with Crippen LogP contribution in [0.1, 0.15) is 40.5 Å². The van der Waals surface area contributed by atoms with Gasteiger partial charge in [0.05, 0.1) is 6.10 Å². The molecule has 0 aromatic carbocycles. The fraction of sp³-hybridized carbons (Fsp3) is 0.588. The van der Waals surface area contributed by atoms with Crippen LogP contribution in [0.2, 0.25) is 0 Å². The van der Waals surface area contributed by atoms with E-state index in [-0.39, 0.29) is 23.3 Å². The average Bonchev–Trinajstić information content (AvgIpc) is 2.60. The summed E-state index contributed by atoms with van der Waals surface area (Å²) in [4.78, 5) is 11.4. The summed E-state index contributed by atoms with van der Waals surface area (Å²) >= 11 is 0. The molecule has 0 aromatic heterocycles. The van der Waals surface area contributed by atoms with Crippen molar-refractivity contribution in [3.8, 4) is 0 Å². The number of hydrogen-bond acceptors (Lipinski definition) is 8. The average molecular weight is 359 g/mol. The summed E-state index contributed by atoms with van der Waals surface area (Å²) in [5.41, 5.74) is 0.510. The first-order valence-corrected chi connectivity index (χ1v) is 8.13. The number of aliphatic hydroxyl groups is 6. The van der Waals surface area contributed by atoms with Crippen molar-refractivity contribution in [2.24, 2.45) is 0 Å². The maximum atomic E-state index is 11.4. The first-order valence-electron chi connectivity index (χ1n) is 8.13. The van der Waals surface area contributed by atoms with Gasteiger partial charge < -0.3 is 36.0 Å². The van der Waals surface area contributed by atoms with Crippen LogP contribution in [0.15, 0.2) is 34.1 Å². The molecule has 8 heteroatoms. The number of aliphatic hydroxyl groups excluding tert-OH is 6. The lowest BCUT2D eigenvalue weighted by Crippen LogP contribution is -2.27. The minimum Gasteiger partial charge on any atom is -0.509 e. The van der Waals surface area contributed by atoms with Gasteiger partial charge in [0.2, 0.25) is 11.5 Å². The SMILES string of the molecule is CCCC(C(O)=C(O)C(=O)CO)=C(NCC)/C(C)=C(/O)C(O)C(C)O. The summed E-state index contributed by atoms with van der Waals surface area (Å²) in [6.07, 6.45) is -1.97. The molecule has 2 unspecified atom stereocenters. The van der Waals surface area contributed by atoms with Gasteiger partial charge >= 0.3 is 0 Å². The molecule has 0 saturated carbocycles. The highest BCUT2D eigenvalue weighted by atomic mass is 16.4. The van der Waals surface area contributed by atoms with Crippen molar-refractivity contribution in [3.63, 3.8) is 0 Å². The Labute approximate surface area is 147 Å². The molecule has 0 amide bonds. The number of likely N-dealkylation sites (N-methyl/N-ethyl adjacent to an activating group) is 1.